The molecule has 0 amide bonds. The molecule has 3 nitrogen and oxygen atoms in total. The molecule has 3 N–H and O–H groups in total. The van der Waals surface area contributed by atoms with Crippen LogP contribution in [0.2, 0.25) is 0 Å². The SMILES string of the molecule is CCCC(N)O.CN(C)C. The van der Waals surface area contributed by atoms with Gasteiger partial charge in [0.05, 0.1) is 0 Å². The maximum atomic E-state index is 8.33. The molecular formula is C7H20N2O. The zero-order chi connectivity index (χ0) is 8.57. The second kappa shape index (κ2) is 8.88. The number of aliphatic hydroxyl groups excluding tert-OH is 1. The predicted molar refractivity (Wildman–Crippen MR) is 44.7 cm³/mol. The highest BCUT2D eigenvalue weighted by atomic mass is 16.3. The van der Waals surface area contributed by atoms with E-state index in [1.54, 1.807) is 0 Å². The first-order chi connectivity index (χ1) is 4.50. The molecule has 0 aliphatic heterocycles. The maximum absolute atomic E-state index is 8.33. The summed E-state index contributed by atoms with van der Waals surface area (Å²) in [4.78, 5) is 2.00. The third-order valence-corrected chi connectivity index (χ3v) is 0.584. The molecule has 0 radical (unpaired) electrons. The van der Waals surface area contributed by atoms with Crippen molar-refractivity contribution in [3.8, 4) is 0 Å². The third kappa shape index (κ3) is 45.0. The Bertz CT molecular complexity index is 52.8. The maximum Gasteiger partial charge on any atom is 0.102 e. The van der Waals surface area contributed by atoms with Gasteiger partial charge in [0.2, 0.25) is 0 Å². The van der Waals surface area contributed by atoms with Gasteiger partial charge in [-0.3, -0.25) is 0 Å². The van der Waals surface area contributed by atoms with Gasteiger partial charge in [0.1, 0.15) is 6.23 Å². The molecule has 0 rings (SSSR count). The molecule has 1 atom stereocenters. The molecule has 1 unspecified atom stereocenters. The van der Waals surface area contributed by atoms with Crippen LogP contribution in [-0.2, 0) is 0 Å². The van der Waals surface area contributed by atoms with E-state index in [0.29, 0.717) is 6.42 Å². The lowest BCUT2D eigenvalue weighted by Crippen LogP contribution is -2.17. The van der Waals surface area contributed by atoms with E-state index in [4.69, 9.17) is 10.8 Å². The van der Waals surface area contributed by atoms with Crippen molar-refractivity contribution in [2.45, 2.75) is 26.0 Å². The number of nitrogens with two attached hydrogens (primary N) is 1. The lowest BCUT2D eigenvalue weighted by atomic mass is 10.3. The summed E-state index contributed by atoms with van der Waals surface area (Å²) in [5.41, 5.74) is 4.96. The number of hydrogen-bond acceptors (Lipinski definition) is 3. The van der Waals surface area contributed by atoms with E-state index in [9.17, 15) is 0 Å². The van der Waals surface area contributed by atoms with Crippen molar-refractivity contribution < 1.29 is 5.11 Å². The van der Waals surface area contributed by atoms with Gasteiger partial charge in [-0.2, -0.15) is 0 Å². The Kier molecular flexibility index (Phi) is 11.1. The Morgan fingerprint density at radius 3 is 1.70 bits per heavy atom. The van der Waals surface area contributed by atoms with E-state index in [2.05, 4.69) is 0 Å². The van der Waals surface area contributed by atoms with Crippen LogP contribution in [0, 0.1) is 0 Å². The highest BCUT2D eigenvalue weighted by Gasteiger charge is 1.87. The van der Waals surface area contributed by atoms with Crippen LogP contribution in [-0.4, -0.2) is 37.4 Å². The van der Waals surface area contributed by atoms with Gasteiger partial charge in [-0.1, -0.05) is 13.3 Å². The highest BCUT2D eigenvalue weighted by Crippen LogP contribution is 1.85. The van der Waals surface area contributed by atoms with Gasteiger partial charge >= 0.3 is 0 Å². The lowest BCUT2D eigenvalue weighted by Gasteiger charge is -1.96. The number of aliphatic hydroxyl groups is 1. The van der Waals surface area contributed by atoms with Crippen LogP contribution in [0.5, 0.6) is 0 Å². The van der Waals surface area contributed by atoms with Crippen molar-refractivity contribution >= 4 is 0 Å². The molecule has 0 heterocycles. The first-order valence-electron chi connectivity index (χ1n) is 3.55. The quantitative estimate of drug-likeness (QED) is 0.552. The highest BCUT2D eigenvalue weighted by molar-refractivity contribution is 4.38. The van der Waals surface area contributed by atoms with Crippen LogP contribution in [0.3, 0.4) is 0 Å². The summed E-state index contributed by atoms with van der Waals surface area (Å²) in [6.45, 7) is 1.98. The van der Waals surface area contributed by atoms with Crippen molar-refractivity contribution in [1.82, 2.24) is 4.90 Å². The molecule has 0 aliphatic carbocycles. The van der Waals surface area contributed by atoms with Crippen molar-refractivity contribution in [2.24, 2.45) is 5.73 Å². The average Bonchev–Trinajstić information content (AvgIpc) is 1.62. The molecule has 3 heteroatoms. The van der Waals surface area contributed by atoms with Gasteiger partial charge < -0.3 is 15.7 Å². The normalized spacial score (nSPS) is 12.3. The van der Waals surface area contributed by atoms with Crippen molar-refractivity contribution in [3.63, 3.8) is 0 Å². The monoisotopic (exact) mass is 148 g/mol. The molecule has 0 aromatic rings. The Balaban J connectivity index is 0. The average molecular weight is 148 g/mol. The Labute approximate surface area is 63.8 Å². The van der Waals surface area contributed by atoms with Crippen molar-refractivity contribution in [2.75, 3.05) is 21.1 Å². The zero-order valence-electron chi connectivity index (χ0n) is 7.46. The Morgan fingerprint density at radius 2 is 1.70 bits per heavy atom. The van der Waals surface area contributed by atoms with E-state index in [-0.39, 0.29) is 0 Å². The second-order valence-electron chi connectivity index (χ2n) is 2.70. The molecular weight excluding hydrogens is 128 g/mol. The standard InChI is InChI=1S/C4H11NO.C3H9N/c1-2-3-4(5)6;1-4(2)3/h4,6H,2-3,5H2,1H3;1-3H3. The molecule has 0 aromatic heterocycles. The molecule has 0 bridgehead atoms. The smallest absolute Gasteiger partial charge is 0.102 e. The predicted octanol–water partition coefficient (Wildman–Crippen LogP) is 0.241. The zero-order valence-corrected chi connectivity index (χ0v) is 7.46. The van der Waals surface area contributed by atoms with Crippen LogP contribution in [0.1, 0.15) is 19.8 Å². The summed E-state index contributed by atoms with van der Waals surface area (Å²) in [5, 5.41) is 8.33. The van der Waals surface area contributed by atoms with Gasteiger partial charge in [0.25, 0.3) is 0 Å². The largest absolute Gasteiger partial charge is 0.379 e. The topological polar surface area (TPSA) is 49.5 Å². The van der Waals surface area contributed by atoms with Gasteiger partial charge in [-0.15, -0.1) is 0 Å². The molecule has 0 aromatic carbocycles. The third-order valence-electron chi connectivity index (χ3n) is 0.584. The van der Waals surface area contributed by atoms with Crippen LogP contribution in [0.4, 0.5) is 0 Å². The van der Waals surface area contributed by atoms with Crippen LogP contribution < -0.4 is 5.73 Å². The van der Waals surface area contributed by atoms with Gasteiger partial charge in [0, 0.05) is 0 Å². The van der Waals surface area contributed by atoms with Crippen LogP contribution in [0.25, 0.3) is 0 Å². The second-order valence-corrected chi connectivity index (χ2v) is 2.70. The summed E-state index contributed by atoms with van der Waals surface area (Å²) in [6.07, 6.45) is 1.06. The van der Waals surface area contributed by atoms with E-state index < -0.39 is 6.23 Å². The van der Waals surface area contributed by atoms with E-state index in [1.807, 2.05) is 33.0 Å². The minimum absolute atomic E-state index is 0.602. The summed E-state index contributed by atoms with van der Waals surface area (Å²) in [5.74, 6) is 0. The van der Waals surface area contributed by atoms with Gasteiger partial charge in [-0.05, 0) is 27.6 Å². The Morgan fingerprint density at radius 1 is 1.40 bits per heavy atom. The Hall–Kier alpha value is -0.120. The number of nitrogens with zero attached hydrogens (tertiary/aromatic N) is 1. The molecule has 0 aliphatic rings. The summed E-state index contributed by atoms with van der Waals surface area (Å²) in [7, 11) is 6.00. The summed E-state index contributed by atoms with van der Waals surface area (Å²) < 4.78 is 0. The van der Waals surface area contributed by atoms with Crippen molar-refractivity contribution in [3.05, 3.63) is 0 Å². The summed E-state index contributed by atoms with van der Waals surface area (Å²) >= 11 is 0. The molecule has 0 saturated carbocycles. The van der Waals surface area contributed by atoms with Gasteiger partial charge in [0.15, 0.2) is 0 Å². The van der Waals surface area contributed by atoms with E-state index >= 15 is 0 Å². The molecule has 10 heavy (non-hydrogen) atoms. The molecule has 0 spiro atoms. The number of rotatable bonds is 2. The van der Waals surface area contributed by atoms with Gasteiger partial charge in [-0.25, -0.2) is 0 Å². The summed E-state index contributed by atoms with van der Waals surface area (Å²) in [6, 6.07) is 0. The van der Waals surface area contributed by atoms with Crippen LogP contribution >= 0.6 is 0 Å². The minimum atomic E-state index is -0.602. The fraction of sp³-hybridized carbons (Fsp3) is 1.00. The molecule has 0 saturated heterocycles. The van der Waals surface area contributed by atoms with E-state index in [0.717, 1.165) is 6.42 Å². The molecule has 0 fully saturated rings. The minimum Gasteiger partial charge on any atom is -0.379 e. The first-order valence-corrected chi connectivity index (χ1v) is 3.55. The van der Waals surface area contributed by atoms with Crippen molar-refractivity contribution in [1.29, 1.82) is 0 Å². The first kappa shape index (κ1) is 12.5. The molecule has 64 valence electrons. The fourth-order valence-electron chi connectivity index (χ4n) is 0.296. The number of hydrogen-bond donors (Lipinski definition) is 2. The van der Waals surface area contributed by atoms with Crippen LogP contribution in [0.15, 0.2) is 0 Å². The van der Waals surface area contributed by atoms with E-state index in [1.165, 1.54) is 0 Å². The fourth-order valence-corrected chi connectivity index (χ4v) is 0.296. The lowest BCUT2D eigenvalue weighted by molar-refractivity contribution is 0.171.